The molecule has 0 fully saturated rings. The van der Waals surface area contributed by atoms with Gasteiger partial charge in [-0.15, -0.1) is 0 Å². The van der Waals surface area contributed by atoms with E-state index in [2.05, 4.69) is 37.9 Å². The van der Waals surface area contributed by atoms with Crippen LogP contribution in [0.5, 0.6) is 5.75 Å². The van der Waals surface area contributed by atoms with Crippen molar-refractivity contribution in [3.63, 3.8) is 0 Å². The van der Waals surface area contributed by atoms with Crippen LogP contribution < -0.4 is 4.74 Å². The Kier molecular flexibility index (Phi) is 6.27. The van der Waals surface area contributed by atoms with Gasteiger partial charge in [-0.3, -0.25) is 0 Å². The van der Waals surface area contributed by atoms with Crippen LogP contribution in [0.1, 0.15) is 16.7 Å². The fourth-order valence-electron chi connectivity index (χ4n) is 2.44. The Hall–Kier alpha value is -2.35. The molecule has 26 heavy (non-hydrogen) atoms. The summed E-state index contributed by atoms with van der Waals surface area (Å²) in [5, 5.41) is 9.48. The second kappa shape index (κ2) is 8.84. The van der Waals surface area contributed by atoms with Gasteiger partial charge in [-0.1, -0.05) is 64.5 Å². The summed E-state index contributed by atoms with van der Waals surface area (Å²) in [4.78, 5) is 0. The van der Waals surface area contributed by atoms with Crippen molar-refractivity contribution in [3.8, 4) is 11.8 Å². The molecule has 0 N–H and O–H groups in total. The van der Waals surface area contributed by atoms with E-state index in [9.17, 15) is 5.26 Å². The molecule has 0 aromatic heterocycles. The van der Waals surface area contributed by atoms with E-state index in [-0.39, 0.29) is 0 Å². The molecule has 0 saturated carbocycles. The molecular weight excluding hydrogens is 454 g/mol. The first-order valence-corrected chi connectivity index (χ1v) is 9.58. The van der Waals surface area contributed by atoms with Crippen LogP contribution in [0.4, 0.5) is 0 Å². The van der Waals surface area contributed by atoms with Crippen molar-refractivity contribution in [1.82, 2.24) is 0 Å². The Morgan fingerprint density at radius 3 is 2.35 bits per heavy atom. The smallest absolute Gasteiger partial charge is 0.134 e. The topological polar surface area (TPSA) is 33.0 Å². The number of rotatable bonds is 5. The highest BCUT2D eigenvalue weighted by atomic mass is 79.9. The number of hydrogen-bond acceptors (Lipinski definition) is 2. The molecule has 128 valence electrons. The molecule has 0 radical (unpaired) electrons. The van der Waals surface area contributed by atoms with E-state index in [4.69, 9.17) is 4.74 Å². The first kappa shape index (κ1) is 18.4. The number of nitrogens with zero attached hydrogens (tertiary/aromatic N) is 1. The van der Waals surface area contributed by atoms with Crippen LogP contribution in [0.3, 0.4) is 0 Å². The normalized spacial score (nSPS) is 11.0. The van der Waals surface area contributed by atoms with Crippen molar-refractivity contribution < 1.29 is 4.74 Å². The molecule has 3 aromatic rings. The summed E-state index contributed by atoms with van der Waals surface area (Å²) in [5.74, 6) is 0.771. The van der Waals surface area contributed by atoms with Gasteiger partial charge in [0.05, 0.1) is 16.1 Å². The maximum absolute atomic E-state index is 9.48. The van der Waals surface area contributed by atoms with Crippen LogP contribution in [0.2, 0.25) is 0 Å². The number of ether oxygens (including phenoxy) is 1. The number of nitriles is 1. The summed E-state index contributed by atoms with van der Waals surface area (Å²) in [6.45, 7) is 0.511. The molecule has 3 aromatic carbocycles. The lowest BCUT2D eigenvalue weighted by Crippen LogP contribution is -1.95. The summed E-state index contributed by atoms with van der Waals surface area (Å²) < 4.78 is 7.71. The highest BCUT2D eigenvalue weighted by Crippen LogP contribution is 2.29. The summed E-state index contributed by atoms with van der Waals surface area (Å²) >= 11 is 6.96. The minimum Gasteiger partial charge on any atom is -0.488 e. The van der Waals surface area contributed by atoms with Crippen LogP contribution in [0.25, 0.3) is 11.6 Å². The Morgan fingerprint density at radius 2 is 1.69 bits per heavy atom. The molecule has 0 aliphatic heterocycles. The Bertz CT molecular complexity index is 958. The van der Waals surface area contributed by atoms with E-state index in [1.165, 1.54) is 0 Å². The van der Waals surface area contributed by atoms with Gasteiger partial charge in [-0.05, 0) is 63.0 Å². The molecule has 3 rings (SSSR count). The van der Waals surface area contributed by atoms with E-state index in [0.29, 0.717) is 12.2 Å². The summed E-state index contributed by atoms with van der Waals surface area (Å²) in [7, 11) is 0. The van der Waals surface area contributed by atoms with Gasteiger partial charge >= 0.3 is 0 Å². The molecule has 0 heterocycles. The van der Waals surface area contributed by atoms with Crippen molar-refractivity contribution in [2.45, 2.75) is 6.61 Å². The van der Waals surface area contributed by atoms with Gasteiger partial charge in [-0.25, -0.2) is 0 Å². The molecule has 2 nitrogen and oxygen atoms in total. The largest absolute Gasteiger partial charge is 0.488 e. The van der Waals surface area contributed by atoms with E-state index < -0.39 is 0 Å². The molecule has 0 saturated heterocycles. The lowest BCUT2D eigenvalue weighted by Gasteiger charge is -2.09. The van der Waals surface area contributed by atoms with E-state index in [1.54, 1.807) is 0 Å². The number of hydrogen-bond donors (Lipinski definition) is 0. The summed E-state index contributed by atoms with van der Waals surface area (Å²) in [5.41, 5.74) is 3.55. The molecule has 0 unspecified atom stereocenters. The van der Waals surface area contributed by atoms with Gasteiger partial charge in [-0.2, -0.15) is 5.26 Å². The van der Waals surface area contributed by atoms with Gasteiger partial charge in [0.25, 0.3) is 0 Å². The standard InChI is InChI=1S/C22H15Br2NO/c23-20-9-7-18(8-10-20)19(14-25)12-17-6-11-22(21(24)13-17)26-15-16-4-2-1-3-5-16/h1-13H,15H2/b19-12-. The minimum absolute atomic E-state index is 0.511. The third kappa shape index (κ3) is 4.85. The average molecular weight is 469 g/mol. The van der Waals surface area contributed by atoms with Crippen molar-refractivity contribution in [2.24, 2.45) is 0 Å². The Labute approximate surface area is 170 Å². The first-order valence-electron chi connectivity index (χ1n) is 8.00. The van der Waals surface area contributed by atoms with E-state index in [0.717, 1.165) is 31.4 Å². The molecular formula is C22H15Br2NO. The fraction of sp³-hybridized carbons (Fsp3) is 0.0455. The van der Waals surface area contributed by atoms with Gasteiger partial charge in [0, 0.05) is 4.47 Å². The third-order valence-corrected chi connectivity index (χ3v) is 4.93. The summed E-state index contributed by atoms with van der Waals surface area (Å²) in [6, 6.07) is 25.8. The monoisotopic (exact) mass is 467 g/mol. The van der Waals surface area contributed by atoms with Crippen LogP contribution in [-0.2, 0) is 6.61 Å². The van der Waals surface area contributed by atoms with Gasteiger partial charge in [0.1, 0.15) is 12.4 Å². The predicted molar refractivity (Wildman–Crippen MR) is 113 cm³/mol. The quantitative estimate of drug-likeness (QED) is 0.302. The second-order valence-corrected chi connectivity index (χ2v) is 7.41. The molecule has 4 heteroatoms. The molecule has 0 aliphatic rings. The van der Waals surface area contributed by atoms with Gasteiger partial charge < -0.3 is 4.74 Å². The SMILES string of the molecule is N#C/C(=C/c1ccc(OCc2ccccc2)c(Br)c1)c1ccc(Br)cc1. The second-order valence-electron chi connectivity index (χ2n) is 5.64. The van der Waals surface area contributed by atoms with Gasteiger partial charge in [0.15, 0.2) is 0 Å². The maximum Gasteiger partial charge on any atom is 0.134 e. The zero-order valence-corrected chi connectivity index (χ0v) is 17.0. The van der Waals surface area contributed by atoms with Crippen LogP contribution in [-0.4, -0.2) is 0 Å². The summed E-state index contributed by atoms with van der Waals surface area (Å²) in [6.07, 6.45) is 1.87. The van der Waals surface area contributed by atoms with E-state index in [1.807, 2.05) is 78.9 Å². The number of allylic oxidation sites excluding steroid dienone is 1. The lowest BCUT2D eigenvalue weighted by molar-refractivity contribution is 0.304. The Morgan fingerprint density at radius 1 is 0.962 bits per heavy atom. The zero-order valence-electron chi connectivity index (χ0n) is 13.8. The van der Waals surface area contributed by atoms with Crippen LogP contribution in [0, 0.1) is 11.3 Å². The fourth-order valence-corrected chi connectivity index (χ4v) is 3.21. The van der Waals surface area contributed by atoms with Gasteiger partial charge in [0.2, 0.25) is 0 Å². The van der Waals surface area contributed by atoms with Crippen molar-refractivity contribution in [2.75, 3.05) is 0 Å². The van der Waals surface area contributed by atoms with Crippen molar-refractivity contribution in [3.05, 3.63) is 98.4 Å². The van der Waals surface area contributed by atoms with Crippen molar-refractivity contribution in [1.29, 1.82) is 5.26 Å². The molecule has 0 spiro atoms. The average Bonchev–Trinajstić information content (AvgIpc) is 2.67. The molecule has 0 amide bonds. The highest BCUT2D eigenvalue weighted by Gasteiger charge is 2.05. The van der Waals surface area contributed by atoms with Crippen LogP contribution >= 0.6 is 31.9 Å². The Balaban J connectivity index is 1.78. The molecule has 0 atom stereocenters. The van der Waals surface area contributed by atoms with Crippen molar-refractivity contribution >= 4 is 43.5 Å². The molecule has 0 aliphatic carbocycles. The molecule has 0 bridgehead atoms. The van der Waals surface area contributed by atoms with E-state index >= 15 is 0 Å². The minimum atomic E-state index is 0.511. The number of benzene rings is 3. The lowest BCUT2D eigenvalue weighted by atomic mass is 10.0. The maximum atomic E-state index is 9.48. The highest BCUT2D eigenvalue weighted by molar-refractivity contribution is 9.10. The number of halogens is 2. The predicted octanol–water partition coefficient (Wildman–Crippen LogP) is 6.85. The zero-order chi connectivity index (χ0) is 18.4. The third-order valence-electron chi connectivity index (χ3n) is 3.78. The first-order chi connectivity index (χ1) is 12.7. The van der Waals surface area contributed by atoms with Crippen LogP contribution in [0.15, 0.2) is 81.7 Å².